The Morgan fingerprint density at radius 1 is 1.10 bits per heavy atom. The second kappa shape index (κ2) is 6.38. The number of aliphatic hydroxyl groups is 4. The highest BCUT2D eigenvalue weighted by molar-refractivity contribution is 5.39. The van der Waals surface area contributed by atoms with Crippen LogP contribution in [0, 0.1) is 0 Å². The van der Waals surface area contributed by atoms with Crippen molar-refractivity contribution in [1.29, 1.82) is 0 Å². The van der Waals surface area contributed by atoms with E-state index in [9.17, 15) is 15.3 Å². The molecule has 20 heavy (non-hydrogen) atoms. The van der Waals surface area contributed by atoms with E-state index in [1.807, 2.05) is 0 Å². The number of para-hydroxylation sites is 2. The van der Waals surface area contributed by atoms with Gasteiger partial charge in [0.25, 0.3) is 0 Å². The summed E-state index contributed by atoms with van der Waals surface area (Å²) in [5.41, 5.74) is 0. The summed E-state index contributed by atoms with van der Waals surface area (Å²) in [7, 11) is 1.46. The molecule has 5 atom stereocenters. The van der Waals surface area contributed by atoms with Crippen molar-refractivity contribution < 1.29 is 34.6 Å². The lowest BCUT2D eigenvalue weighted by Crippen LogP contribution is -2.60. The van der Waals surface area contributed by atoms with Gasteiger partial charge in [0.2, 0.25) is 0 Å². The first-order chi connectivity index (χ1) is 9.58. The lowest BCUT2D eigenvalue weighted by Gasteiger charge is -2.39. The van der Waals surface area contributed by atoms with Crippen LogP contribution in [-0.2, 0) is 4.74 Å². The van der Waals surface area contributed by atoms with E-state index in [1.165, 1.54) is 7.11 Å². The van der Waals surface area contributed by atoms with Crippen LogP contribution in [0.1, 0.15) is 0 Å². The highest BCUT2D eigenvalue weighted by Gasteiger charge is 2.45. The maximum atomic E-state index is 9.97. The van der Waals surface area contributed by atoms with Gasteiger partial charge >= 0.3 is 0 Å². The number of benzene rings is 1. The zero-order valence-electron chi connectivity index (χ0n) is 10.9. The van der Waals surface area contributed by atoms with Crippen molar-refractivity contribution in [2.45, 2.75) is 30.7 Å². The van der Waals surface area contributed by atoms with Gasteiger partial charge in [0.05, 0.1) is 13.7 Å². The zero-order chi connectivity index (χ0) is 14.7. The monoisotopic (exact) mass is 286 g/mol. The molecule has 7 nitrogen and oxygen atoms in total. The first-order valence-corrected chi connectivity index (χ1v) is 6.18. The van der Waals surface area contributed by atoms with Crippen molar-refractivity contribution in [2.75, 3.05) is 13.7 Å². The molecule has 0 amide bonds. The molecule has 7 heteroatoms. The van der Waals surface area contributed by atoms with Crippen LogP contribution in [0.3, 0.4) is 0 Å². The molecular formula is C13H18O7. The van der Waals surface area contributed by atoms with Crippen LogP contribution < -0.4 is 9.47 Å². The maximum Gasteiger partial charge on any atom is 0.195 e. The number of rotatable bonds is 4. The Morgan fingerprint density at radius 3 is 2.35 bits per heavy atom. The average Bonchev–Trinajstić information content (AvgIpc) is 2.47. The van der Waals surface area contributed by atoms with Crippen LogP contribution in [-0.4, -0.2) is 64.8 Å². The smallest absolute Gasteiger partial charge is 0.195 e. The molecule has 0 spiro atoms. The highest BCUT2D eigenvalue weighted by atomic mass is 16.7. The number of hydrogen-bond acceptors (Lipinski definition) is 7. The van der Waals surface area contributed by atoms with Gasteiger partial charge in [-0.15, -0.1) is 0 Å². The zero-order valence-corrected chi connectivity index (χ0v) is 10.9. The Labute approximate surface area is 115 Å². The maximum absolute atomic E-state index is 9.97. The van der Waals surface area contributed by atoms with Gasteiger partial charge in [0.15, 0.2) is 23.9 Å². The largest absolute Gasteiger partial charge is 0.493 e. The van der Waals surface area contributed by atoms with E-state index in [1.54, 1.807) is 24.3 Å². The second-order valence-electron chi connectivity index (χ2n) is 4.46. The summed E-state index contributed by atoms with van der Waals surface area (Å²) in [6.45, 7) is -0.517. The van der Waals surface area contributed by atoms with Crippen LogP contribution in [0.15, 0.2) is 24.3 Å². The predicted octanol–water partition coefficient (Wildman–Crippen LogP) is -1.13. The fraction of sp³-hybridized carbons (Fsp3) is 0.538. The van der Waals surface area contributed by atoms with Gasteiger partial charge in [-0.1, -0.05) is 12.1 Å². The molecule has 1 aromatic rings. The Hall–Kier alpha value is -1.38. The van der Waals surface area contributed by atoms with E-state index in [-0.39, 0.29) is 0 Å². The molecule has 0 unspecified atom stereocenters. The van der Waals surface area contributed by atoms with Gasteiger partial charge in [-0.05, 0) is 12.1 Å². The van der Waals surface area contributed by atoms with Gasteiger partial charge in [-0.25, -0.2) is 0 Å². The van der Waals surface area contributed by atoms with Gasteiger partial charge < -0.3 is 34.6 Å². The summed E-state index contributed by atoms with van der Waals surface area (Å²) in [6, 6.07) is 6.70. The minimum atomic E-state index is -1.48. The number of methoxy groups -OCH3 is 1. The molecule has 1 heterocycles. The molecule has 0 aliphatic carbocycles. The Kier molecular flexibility index (Phi) is 4.79. The first-order valence-electron chi connectivity index (χ1n) is 6.18. The van der Waals surface area contributed by atoms with Gasteiger partial charge in [0.1, 0.15) is 18.3 Å². The van der Waals surface area contributed by atoms with Crippen LogP contribution in [0.25, 0.3) is 0 Å². The van der Waals surface area contributed by atoms with E-state index in [0.29, 0.717) is 11.5 Å². The summed E-state index contributed by atoms with van der Waals surface area (Å²) in [5.74, 6) is 0.724. The summed E-state index contributed by atoms with van der Waals surface area (Å²) in [6.07, 6.45) is -6.49. The van der Waals surface area contributed by atoms with Gasteiger partial charge in [0, 0.05) is 0 Å². The van der Waals surface area contributed by atoms with Crippen molar-refractivity contribution in [3.05, 3.63) is 24.3 Å². The third kappa shape index (κ3) is 2.87. The molecule has 1 aliphatic heterocycles. The Morgan fingerprint density at radius 2 is 1.75 bits per heavy atom. The summed E-state index contributed by atoms with van der Waals surface area (Å²) in [4.78, 5) is 0. The van der Waals surface area contributed by atoms with Crippen LogP contribution in [0.4, 0.5) is 0 Å². The number of ether oxygens (including phenoxy) is 3. The summed E-state index contributed by atoms with van der Waals surface area (Å²) in [5, 5.41) is 38.5. The van der Waals surface area contributed by atoms with Crippen molar-refractivity contribution >= 4 is 0 Å². The van der Waals surface area contributed by atoms with Crippen LogP contribution >= 0.6 is 0 Å². The lowest BCUT2D eigenvalue weighted by molar-refractivity contribution is -0.280. The molecule has 1 aliphatic rings. The molecule has 0 bridgehead atoms. The lowest BCUT2D eigenvalue weighted by atomic mass is 9.99. The fourth-order valence-corrected chi connectivity index (χ4v) is 2.06. The topological polar surface area (TPSA) is 109 Å². The van der Waals surface area contributed by atoms with Crippen molar-refractivity contribution in [3.63, 3.8) is 0 Å². The standard InChI is InChI=1S/C13H18O7/c1-18-7-4-2-3-5-8(7)19-12-11(16)10(15)9(6-14)20-13(12)17/h2-5,9-17H,6H2,1H3/t9-,10-,11+,12-,13-/m1/s1. The quantitative estimate of drug-likeness (QED) is 0.555. The van der Waals surface area contributed by atoms with Gasteiger partial charge in [-0.3, -0.25) is 0 Å². The van der Waals surface area contributed by atoms with Gasteiger partial charge in [-0.2, -0.15) is 0 Å². The van der Waals surface area contributed by atoms with Crippen LogP contribution in [0.5, 0.6) is 11.5 Å². The van der Waals surface area contributed by atoms with E-state index in [0.717, 1.165) is 0 Å². The highest BCUT2D eigenvalue weighted by Crippen LogP contribution is 2.30. The van der Waals surface area contributed by atoms with E-state index in [2.05, 4.69) is 0 Å². The van der Waals surface area contributed by atoms with E-state index < -0.39 is 37.3 Å². The molecule has 1 aromatic carbocycles. The minimum Gasteiger partial charge on any atom is -0.493 e. The molecule has 4 N–H and O–H groups in total. The molecule has 0 saturated carbocycles. The Balaban J connectivity index is 2.16. The predicted molar refractivity (Wildman–Crippen MR) is 67.4 cm³/mol. The third-order valence-electron chi connectivity index (χ3n) is 3.17. The van der Waals surface area contributed by atoms with Crippen molar-refractivity contribution in [3.8, 4) is 11.5 Å². The molecular weight excluding hydrogens is 268 g/mol. The summed E-state index contributed by atoms with van der Waals surface area (Å²) >= 11 is 0. The molecule has 0 radical (unpaired) electrons. The molecule has 2 rings (SSSR count). The number of hydrogen-bond donors (Lipinski definition) is 4. The van der Waals surface area contributed by atoms with Crippen molar-refractivity contribution in [1.82, 2.24) is 0 Å². The molecule has 0 aromatic heterocycles. The van der Waals surface area contributed by atoms with E-state index >= 15 is 0 Å². The number of aliphatic hydroxyl groups excluding tert-OH is 4. The van der Waals surface area contributed by atoms with E-state index in [4.69, 9.17) is 19.3 Å². The minimum absolute atomic E-state index is 0.302. The SMILES string of the molecule is COc1ccccc1O[C@@H]1[C@@H](O)[C@H](O)[C@@H](CO)O[C@H]1O. The molecule has 112 valence electrons. The molecule has 1 fully saturated rings. The normalized spacial score (nSPS) is 33.8. The second-order valence-corrected chi connectivity index (χ2v) is 4.46. The Bertz CT molecular complexity index is 438. The first kappa shape index (κ1) is 15.0. The van der Waals surface area contributed by atoms with Crippen molar-refractivity contribution in [2.24, 2.45) is 0 Å². The van der Waals surface area contributed by atoms with Crippen LogP contribution in [0.2, 0.25) is 0 Å². The average molecular weight is 286 g/mol. The summed E-state index contributed by atoms with van der Waals surface area (Å²) < 4.78 is 15.6. The third-order valence-corrected chi connectivity index (χ3v) is 3.17. The molecule has 1 saturated heterocycles. The fourth-order valence-electron chi connectivity index (χ4n) is 2.06.